The van der Waals surface area contributed by atoms with E-state index in [-0.39, 0.29) is 17.4 Å². The maximum absolute atomic E-state index is 12.1. The number of nitrogens with two attached hydrogens (primary N) is 1. The van der Waals surface area contributed by atoms with Gasteiger partial charge >= 0.3 is 0 Å². The van der Waals surface area contributed by atoms with Crippen LogP contribution < -0.4 is 11.1 Å². The Bertz CT molecular complexity index is 608. The number of carbonyl (C=O) groups is 1. The van der Waals surface area contributed by atoms with Crippen molar-refractivity contribution in [3.05, 3.63) is 42.5 Å². The van der Waals surface area contributed by atoms with Crippen LogP contribution >= 0.6 is 0 Å². The second-order valence-corrected chi connectivity index (χ2v) is 6.25. The zero-order chi connectivity index (χ0) is 14.8. The first-order chi connectivity index (χ1) is 9.38. The predicted molar refractivity (Wildman–Crippen MR) is 84.6 cm³/mol. The lowest BCUT2D eigenvalue weighted by Crippen LogP contribution is -2.38. The Kier molecular flexibility index (Phi) is 4.09. The topological polar surface area (TPSA) is 55.1 Å². The standard InChI is InChI=1S/C17H22N2O/c1-17(2,3)15(18)11-16(20)19-14-10-6-8-12-7-4-5-9-13(12)14/h4-10,15H,11,18H2,1-3H3,(H,19,20). The fourth-order valence-electron chi connectivity index (χ4n) is 2.04. The Morgan fingerprint density at radius 2 is 1.80 bits per heavy atom. The average molecular weight is 270 g/mol. The van der Waals surface area contributed by atoms with Crippen molar-refractivity contribution in [1.82, 2.24) is 0 Å². The average Bonchev–Trinajstić information content (AvgIpc) is 2.38. The minimum atomic E-state index is -0.155. The molecule has 3 N–H and O–H groups in total. The van der Waals surface area contributed by atoms with Gasteiger partial charge in [0.2, 0.25) is 5.91 Å². The van der Waals surface area contributed by atoms with Gasteiger partial charge in [-0.1, -0.05) is 57.2 Å². The number of anilines is 1. The summed E-state index contributed by atoms with van der Waals surface area (Å²) < 4.78 is 0. The van der Waals surface area contributed by atoms with Crippen LogP contribution in [0.5, 0.6) is 0 Å². The van der Waals surface area contributed by atoms with E-state index in [1.807, 2.05) is 63.2 Å². The number of hydrogen-bond donors (Lipinski definition) is 2. The largest absolute Gasteiger partial charge is 0.327 e. The predicted octanol–water partition coefficient (Wildman–Crippen LogP) is 3.54. The number of carbonyl (C=O) groups excluding carboxylic acids is 1. The Hall–Kier alpha value is -1.87. The van der Waals surface area contributed by atoms with E-state index >= 15 is 0 Å². The highest BCUT2D eigenvalue weighted by Gasteiger charge is 2.23. The van der Waals surface area contributed by atoms with E-state index in [9.17, 15) is 4.79 Å². The number of hydrogen-bond acceptors (Lipinski definition) is 2. The summed E-state index contributed by atoms with van der Waals surface area (Å²) in [6.07, 6.45) is 0.326. The molecule has 3 heteroatoms. The first-order valence-electron chi connectivity index (χ1n) is 6.91. The van der Waals surface area contributed by atoms with Gasteiger partial charge in [0.15, 0.2) is 0 Å². The summed E-state index contributed by atoms with van der Waals surface area (Å²) in [7, 11) is 0. The molecule has 0 saturated carbocycles. The molecule has 2 aromatic carbocycles. The Morgan fingerprint density at radius 1 is 1.15 bits per heavy atom. The summed E-state index contributed by atoms with van der Waals surface area (Å²) in [6.45, 7) is 6.13. The van der Waals surface area contributed by atoms with Crippen molar-refractivity contribution < 1.29 is 4.79 Å². The number of benzene rings is 2. The van der Waals surface area contributed by atoms with Crippen LogP contribution in [0, 0.1) is 5.41 Å². The molecule has 0 heterocycles. The van der Waals surface area contributed by atoms with Crippen LogP contribution in [-0.4, -0.2) is 11.9 Å². The molecule has 0 aliphatic rings. The van der Waals surface area contributed by atoms with Crippen molar-refractivity contribution in [3.63, 3.8) is 0 Å². The molecule has 20 heavy (non-hydrogen) atoms. The first kappa shape index (κ1) is 14.5. The molecule has 0 fully saturated rings. The van der Waals surface area contributed by atoms with Crippen molar-refractivity contribution in [2.75, 3.05) is 5.32 Å². The molecule has 0 spiro atoms. The van der Waals surface area contributed by atoms with Crippen molar-refractivity contribution in [2.24, 2.45) is 11.1 Å². The monoisotopic (exact) mass is 270 g/mol. The van der Waals surface area contributed by atoms with Gasteiger partial charge in [-0.3, -0.25) is 4.79 Å². The molecule has 1 unspecified atom stereocenters. The highest BCUT2D eigenvalue weighted by molar-refractivity contribution is 6.02. The lowest BCUT2D eigenvalue weighted by atomic mass is 9.85. The molecule has 0 aromatic heterocycles. The highest BCUT2D eigenvalue weighted by atomic mass is 16.1. The summed E-state index contributed by atoms with van der Waals surface area (Å²) in [5, 5.41) is 5.13. The molecule has 0 saturated heterocycles. The maximum atomic E-state index is 12.1. The normalized spacial score (nSPS) is 13.2. The molecule has 0 radical (unpaired) electrons. The third kappa shape index (κ3) is 3.36. The van der Waals surface area contributed by atoms with Gasteiger partial charge in [0.05, 0.1) is 0 Å². The Balaban J connectivity index is 2.15. The van der Waals surface area contributed by atoms with Gasteiger partial charge in [-0.15, -0.1) is 0 Å². The van der Waals surface area contributed by atoms with Gasteiger partial charge in [-0.2, -0.15) is 0 Å². The molecule has 2 rings (SSSR count). The van der Waals surface area contributed by atoms with E-state index in [1.54, 1.807) is 0 Å². The van der Waals surface area contributed by atoms with E-state index < -0.39 is 0 Å². The van der Waals surface area contributed by atoms with Crippen LogP contribution in [0.2, 0.25) is 0 Å². The zero-order valence-corrected chi connectivity index (χ0v) is 12.3. The smallest absolute Gasteiger partial charge is 0.225 e. The minimum Gasteiger partial charge on any atom is -0.327 e. The van der Waals surface area contributed by atoms with E-state index in [1.165, 1.54) is 0 Å². The number of fused-ring (bicyclic) bond motifs is 1. The summed E-state index contributed by atoms with van der Waals surface area (Å²) in [4.78, 5) is 12.1. The molecule has 0 aliphatic carbocycles. The third-order valence-electron chi connectivity index (χ3n) is 3.58. The summed E-state index contributed by atoms with van der Waals surface area (Å²) >= 11 is 0. The molecule has 3 nitrogen and oxygen atoms in total. The van der Waals surface area contributed by atoms with Crippen LogP contribution in [0.1, 0.15) is 27.2 Å². The van der Waals surface area contributed by atoms with Crippen LogP contribution in [0.4, 0.5) is 5.69 Å². The van der Waals surface area contributed by atoms with Gasteiger partial charge in [0.25, 0.3) is 0 Å². The number of rotatable bonds is 3. The van der Waals surface area contributed by atoms with Crippen LogP contribution in [-0.2, 0) is 4.79 Å². The number of nitrogens with one attached hydrogen (secondary N) is 1. The fourth-order valence-corrected chi connectivity index (χ4v) is 2.04. The molecule has 1 amide bonds. The Morgan fingerprint density at radius 3 is 2.50 bits per heavy atom. The zero-order valence-electron chi connectivity index (χ0n) is 12.3. The van der Waals surface area contributed by atoms with Crippen LogP contribution in [0.15, 0.2) is 42.5 Å². The molecular formula is C17H22N2O. The second-order valence-electron chi connectivity index (χ2n) is 6.25. The summed E-state index contributed by atoms with van der Waals surface area (Å²) in [5.41, 5.74) is 6.83. The molecule has 0 bridgehead atoms. The lowest BCUT2D eigenvalue weighted by Gasteiger charge is -2.26. The Labute approximate surface area is 120 Å². The van der Waals surface area contributed by atoms with Crippen LogP contribution in [0.3, 0.4) is 0 Å². The van der Waals surface area contributed by atoms with Gasteiger partial charge in [0, 0.05) is 23.5 Å². The van der Waals surface area contributed by atoms with Crippen LogP contribution in [0.25, 0.3) is 10.8 Å². The minimum absolute atomic E-state index is 0.0382. The molecule has 0 aliphatic heterocycles. The number of amides is 1. The van der Waals surface area contributed by atoms with Crippen molar-refractivity contribution in [3.8, 4) is 0 Å². The molecule has 106 valence electrons. The van der Waals surface area contributed by atoms with Crippen molar-refractivity contribution in [2.45, 2.75) is 33.2 Å². The maximum Gasteiger partial charge on any atom is 0.225 e. The van der Waals surface area contributed by atoms with E-state index in [0.717, 1.165) is 16.5 Å². The lowest BCUT2D eigenvalue weighted by molar-refractivity contribution is -0.117. The molecule has 2 aromatic rings. The molecule has 1 atom stereocenters. The first-order valence-corrected chi connectivity index (χ1v) is 6.91. The van der Waals surface area contributed by atoms with Gasteiger partial charge in [-0.05, 0) is 16.9 Å². The van der Waals surface area contributed by atoms with Gasteiger partial charge < -0.3 is 11.1 Å². The molecular weight excluding hydrogens is 248 g/mol. The van der Waals surface area contributed by atoms with Gasteiger partial charge in [0.1, 0.15) is 0 Å². The SMILES string of the molecule is CC(C)(C)C(N)CC(=O)Nc1cccc2ccccc12. The van der Waals surface area contributed by atoms with Crippen molar-refractivity contribution in [1.29, 1.82) is 0 Å². The fraction of sp³-hybridized carbons (Fsp3) is 0.353. The van der Waals surface area contributed by atoms with E-state index in [0.29, 0.717) is 6.42 Å². The van der Waals surface area contributed by atoms with Crippen molar-refractivity contribution >= 4 is 22.4 Å². The van der Waals surface area contributed by atoms with E-state index in [4.69, 9.17) is 5.73 Å². The summed E-state index contributed by atoms with van der Waals surface area (Å²) in [5.74, 6) is -0.0382. The quantitative estimate of drug-likeness (QED) is 0.896. The second kappa shape index (κ2) is 5.63. The highest BCUT2D eigenvalue weighted by Crippen LogP contribution is 2.24. The van der Waals surface area contributed by atoms with Gasteiger partial charge in [-0.25, -0.2) is 0 Å². The summed E-state index contributed by atoms with van der Waals surface area (Å²) in [6, 6.07) is 13.7. The van der Waals surface area contributed by atoms with E-state index in [2.05, 4.69) is 5.32 Å². The third-order valence-corrected chi connectivity index (χ3v) is 3.58.